The average molecular weight is 270 g/mol. The molecule has 2 atom stereocenters. The molecule has 0 amide bonds. The van der Waals surface area contributed by atoms with Crippen LogP contribution >= 0.6 is 0 Å². The van der Waals surface area contributed by atoms with E-state index in [0.717, 1.165) is 17.9 Å². The highest BCUT2D eigenvalue weighted by Gasteiger charge is 2.31. The second-order valence-corrected chi connectivity index (χ2v) is 5.68. The first kappa shape index (κ1) is 13.4. The van der Waals surface area contributed by atoms with E-state index >= 15 is 0 Å². The lowest BCUT2D eigenvalue weighted by Crippen LogP contribution is -2.27. The molecule has 0 saturated carbocycles. The van der Waals surface area contributed by atoms with Gasteiger partial charge in [0.1, 0.15) is 11.5 Å². The van der Waals surface area contributed by atoms with Crippen LogP contribution in [-0.4, -0.2) is 12.0 Å². The van der Waals surface area contributed by atoms with Crippen LogP contribution in [0.4, 0.5) is 0 Å². The van der Waals surface area contributed by atoms with E-state index in [0.29, 0.717) is 5.92 Å². The van der Waals surface area contributed by atoms with Gasteiger partial charge < -0.3 is 9.73 Å². The molecular weight excluding hydrogens is 248 g/mol. The molecule has 106 valence electrons. The smallest absolute Gasteiger partial charge is 0.105 e. The molecule has 0 radical (unpaired) electrons. The standard InChI is InChI=1S/C17H22N2O/c1-11-10-15(12(2)20-11)17(18-3)14-8-4-6-13-7-5-9-19-16(13)14/h5,7,9-10,14,17-18H,4,6,8H2,1-3H3. The van der Waals surface area contributed by atoms with Crippen molar-refractivity contribution in [2.45, 2.75) is 45.1 Å². The molecule has 2 aromatic heterocycles. The summed E-state index contributed by atoms with van der Waals surface area (Å²) < 4.78 is 5.72. The summed E-state index contributed by atoms with van der Waals surface area (Å²) in [5.41, 5.74) is 3.94. The van der Waals surface area contributed by atoms with Crippen molar-refractivity contribution >= 4 is 0 Å². The third kappa shape index (κ3) is 2.27. The second-order valence-electron chi connectivity index (χ2n) is 5.68. The lowest BCUT2D eigenvalue weighted by molar-refractivity contribution is 0.407. The van der Waals surface area contributed by atoms with Gasteiger partial charge in [0.15, 0.2) is 0 Å². The summed E-state index contributed by atoms with van der Waals surface area (Å²) in [5.74, 6) is 2.43. The van der Waals surface area contributed by atoms with E-state index < -0.39 is 0 Å². The second kappa shape index (κ2) is 5.41. The number of aryl methyl sites for hydroxylation is 3. The topological polar surface area (TPSA) is 38.1 Å². The van der Waals surface area contributed by atoms with Crippen molar-refractivity contribution in [3.05, 3.63) is 52.7 Å². The van der Waals surface area contributed by atoms with Crippen LogP contribution in [0.1, 0.15) is 53.1 Å². The quantitative estimate of drug-likeness (QED) is 0.924. The molecule has 0 bridgehead atoms. The minimum Gasteiger partial charge on any atom is -0.466 e. The van der Waals surface area contributed by atoms with Crippen LogP contribution in [-0.2, 0) is 6.42 Å². The Labute approximate surface area is 120 Å². The van der Waals surface area contributed by atoms with Crippen molar-refractivity contribution < 1.29 is 4.42 Å². The van der Waals surface area contributed by atoms with Crippen LogP contribution in [0.25, 0.3) is 0 Å². The minimum absolute atomic E-state index is 0.279. The van der Waals surface area contributed by atoms with Gasteiger partial charge in [-0.25, -0.2) is 0 Å². The van der Waals surface area contributed by atoms with Gasteiger partial charge in [-0.2, -0.15) is 0 Å². The van der Waals surface area contributed by atoms with E-state index in [-0.39, 0.29) is 6.04 Å². The Hall–Kier alpha value is -1.61. The molecule has 3 nitrogen and oxygen atoms in total. The third-order valence-electron chi connectivity index (χ3n) is 4.37. The van der Waals surface area contributed by atoms with Crippen LogP contribution in [0, 0.1) is 13.8 Å². The molecule has 3 heteroatoms. The molecule has 0 saturated heterocycles. The number of furan rings is 1. The van der Waals surface area contributed by atoms with Gasteiger partial charge in [-0.15, -0.1) is 0 Å². The van der Waals surface area contributed by atoms with E-state index in [1.165, 1.54) is 29.7 Å². The number of hydrogen-bond donors (Lipinski definition) is 1. The predicted octanol–water partition coefficient (Wildman–Crippen LogP) is 3.67. The van der Waals surface area contributed by atoms with E-state index in [1.807, 2.05) is 26.2 Å². The van der Waals surface area contributed by atoms with Crippen LogP contribution < -0.4 is 5.32 Å². The normalized spacial score (nSPS) is 19.6. The van der Waals surface area contributed by atoms with E-state index in [4.69, 9.17) is 4.42 Å². The lowest BCUT2D eigenvalue weighted by atomic mass is 9.79. The molecule has 0 fully saturated rings. The molecule has 0 aromatic carbocycles. The maximum absolute atomic E-state index is 5.72. The molecule has 2 heterocycles. The highest BCUT2D eigenvalue weighted by atomic mass is 16.3. The largest absolute Gasteiger partial charge is 0.466 e. The zero-order valence-corrected chi connectivity index (χ0v) is 12.4. The van der Waals surface area contributed by atoms with Gasteiger partial charge in [-0.05, 0) is 57.9 Å². The summed E-state index contributed by atoms with van der Waals surface area (Å²) in [7, 11) is 2.03. The molecule has 1 aliphatic carbocycles. The molecule has 0 spiro atoms. The van der Waals surface area contributed by atoms with Crippen molar-refractivity contribution in [2.75, 3.05) is 7.05 Å². The molecular formula is C17H22N2O. The van der Waals surface area contributed by atoms with E-state index in [2.05, 4.69) is 29.4 Å². The van der Waals surface area contributed by atoms with Crippen LogP contribution in [0.3, 0.4) is 0 Å². The summed E-state index contributed by atoms with van der Waals surface area (Å²) in [4.78, 5) is 4.66. The van der Waals surface area contributed by atoms with E-state index in [9.17, 15) is 0 Å². The Morgan fingerprint density at radius 3 is 2.95 bits per heavy atom. The summed E-state index contributed by atoms with van der Waals surface area (Å²) >= 11 is 0. The fourth-order valence-electron chi connectivity index (χ4n) is 3.50. The van der Waals surface area contributed by atoms with Crippen molar-refractivity contribution in [2.24, 2.45) is 0 Å². The highest BCUT2D eigenvalue weighted by molar-refractivity contribution is 5.33. The predicted molar refractivity (Wildman–Crippen MR) is 79.9 cm³/mol. The zero-order valence-electron chi connectivity index (χ0n) is 12.4. The molecule has 2 aromatic rings. The number of aromatic nitrogens is 1. The Balaban J connectivity index is 2.01. The van der Waals surface area contributed by atoms with Gasteiger partial charge in [-0.3, -0.25) is 4.98 Å². The number of rotatable bonds is 3. The minimum atomic E-state index is 0.279. The van der Waals surface area contributed by atoms with Crippen LogP contribution in [0.2, 0.25) is 0 Å². The number of nitrogens with one attached hydrogen (secondary N) is 1. The average Bonchev–Trinajstić information content (AvgIpc) is 2.79. The number of pyridine rings is 1. The first-order valence-electron chi connectivity index (χ1n) is 7.38. The maximum atomic E-state index is 5.72. The zero-order chi connectivity index (χ0) is 14.1. The Morgan fingerprint density at radius 2 is 2.25 bits per heavy atom. The first-order valence-corrected chi connectivity index (χ1v) is 7.38. The number of hydrogen-bond acceptors (Lipinski definition) is 3. The molecule has 20 heavy (non-hydrogen) atoms. The molecule has 0 aliphatic heterocycles. The molecule has 3 rings (SSSR count). The monoisotopic (exact) mass is 270 g/mol. The lowest BCUT2D eigenvalue weighted by Gasteiger charge is -2.31. The molecule has 2 unspecified atom stereocenters. The summed E-state index contributed by atoms with van der Waals surface area (Å²) in [6, 6.07) is 6.70. The fourth-order valence-corrected chi connectivity index (χ4v) is 3.50. The van der Waals surface area contributed by atoms with E-state index in [1.54, 1.807) is 0 Å². The van der Waals surface area contributed by atoms with Crippen LogP contribution in [0.15, 0.2) is 28.8 Å². The van der Waals surface area contributed by atoms with Crippen molar-refractivity contribution in [3.63, 3.8) is 0 Å². The number of fused-ring (bicyclic) bond motifs is 1. The van der Waals surface area contributed by atoms with Gasteiger partial charge in [0.05, 0.1) is 0 Å². The summed E-state index contributed by atoms with van der Waals surface area (Å²) in [6.45, 7) is 4.06. The first-order chi connectivity index (χ1) is 9.70. The molecule has 1 N–H and O–H groups in total. The Kier molecular flexibility index (Phi) is 3.62. The number of nitrogens with zero attached hydrogens (tertiary/aromatic N) is 1. The van der Waals surface area contributed by atoms with Gasteiger partial charge in [0, 0.05) is 29.4 Å². The van der Waals surface area contributed by atoms with Gasteiger partial charge in [0.2, 0.25) is 0 Å². The van der Waals surface area contributed by atoms with Crippen molar-refractivity contribution in [3.8, 4) is 0 Å². The van der Waals surface area contributed by atoms with Gasteiger partial charge in [0.25, 0.3) is 0 Å². The Morgan fingerprint density at radius 1 is 1.40 bits per heavy atom. The van der Waals surface area contributed by atoms with Gasteiger partial charge >= 0.3 is 0 Å². The van der Waals surface area contributed by atoms with Crippen molar-refractivity contribution in [1.82, 2.24) is 10.3 Å². The van der Waals surface area contributed by atoms with Crippen LogP contribution in [0.5, 0.6) is 0 Å². The van der Waals surface area contributed by atoms with Gasteiger partial charge in [-0.1, -0.05) is 6.07 Å². The summed E-state index contributed by atoms with van der Waals surface area (Å²) in [5, 5.41) is 3.48. The third-order valence-corrected chi connectivity index (χ3v) is 4.37. The van der Waals surface area contributed by atoms with Crippen molar-refractivity contribution in [1.29, 1.82) is 0 Å². The Bertz CT molecular complexity index is 603. The number of likely N-dealkylation sites (N-methyl/N-ethyl adjacent to an activating group) is 1. The highest BCUT2D eigenvalue weighted by Crippen LogP contribution is 2.40. The SMILES string of the molecule is CNC(c1cc(C)oc1C)C1CCCc2cccnc21. The molecule has 1 aliphatic rings. The summed E-state index contributed by atoms with van der Waals surface area (Å²) in [6.07, 6.45) is 5.48. The fraction of sp³-hybridized carbons (Fsp3) is 0.471. The maximum Gasteiger partial charge on any atom is 0.105 e.